The Kier molecular flexibility index (Phi) is 11.4. The molecule has 0 aliphatic carbocycles. The van der Waals surface area contributed by atoms with Gasteiger partial charge in [-0.05, 0) is 63.1 Å². The van der Waals surface area contributed by atoms with Crippen molar-refractivity contribution in [3.63, 3.8) is 0 Å². The lowest BCUT2D eigenvalue weighted by molar-refractivity contribution is -0.140. The minimum Gasteiger partial charge on any atom is -0.493 e. The maximum atomic E-state index is 14.3. The lowest BCUT2D eigenvalue weighted by Crippen LogP contribution is -2.40. The molecule has 11 heteroatoms. The maximum Gasteiger partial charge on any atom is 0.338 e. The number of aryl methyl sites for hydroxylation is 1. The smallest absolute Gasteiger partial charge is 0.338 e. The van der Waals surface area contributed by atoms with Gasteiger partial charge in [0, 0.05) is 12.7 Å². The van der Waals surface area contributed by atoms with Crippen LogP contribution in [-0.2, 0) is 20.9 Å². The highest BCUT2D eigenvalue weighted by molar-refractivity contribution is 7.07. The third-order valence-corrected chi connectivity index (χ3v) is 8.60. The molecule has 0 saturated carbocycles. The van der Waals surface area contributed by atoms with Gasteiger partial charge >= 0.3 is 5.97 Å². The zero-order valence-electron chi connectivity index (χ0n) is 28.0. The molecule has 3 aromatic carbocycles. The lowest BCUT2D eigenvalue weighted by atomic mass is 9.94. The van der Waals surface area contributed by atoms with Gasteiger partial charge in [-0.3, -0.25) is 9.36 Å². The van der Waals surface area contributed by atoms with Crippen molar-refractivity contribution >= 4 is 23.4 Å². The van der Waals surface area contributed by atoms with Crippen LogP contribution in [0.25, 0.3) is 6.08 Å². The quantitative estimate of drug-likeness (QED) is 0.134. The number of para-hydroxylation sites is 1. The maximum absolute atomic E-state index is 14.3. The Balaban J connectivity index is 1.60. The molecule has 0 fully saturated rings. The highest BCUT2D eigenvalue weighted by Crippen LogP contribution is 2.41. The number of benzene rings is 3. The van der Waals surface area contributed by atoms with Crippen LogP contribution in [0.2, 0.25) is 0 Å². The molecular formula is C37H40N2O8S. The summed E-state index contributed by atoms with van der Waals surface area (Å²) < 4.78 is 36.3. The van der Waals surface area contributed by atoms with E-state index in [0.29, 0.717) is 63.4 Å². The summed E-state index contributed by atoms with van der Waals surface area (Å²) in [6, 6.07) is 18.2. The number of ether oxygens (including phenoxy) is 6. The summed E-state index contributed by atoms with van der Waals surface area (Å²) in [6.45, 7) is 9.00. The van der Waals surface area contributed by atoms with Gasteiger partial charge in [-0.25, -0.2) is 9.79 Å². The minimum absolute atomic E-state index is 0.0482. The van der Waals surface area contributed by atoms with Crippen molar-refractivity contribution in [2.75, 3.05) is 40.6 Å². The number of hydrogen-bond donors (Lipinski definition) is 0. The average Bonchev–Trinajstić information content (AvgIpc) is 3.37. The molecule has 0 bridgehead atoms. The van der Waals surface area contributed by atoms with Gasteiger partial charge in [0.25, 0.3) is 5.56 Å². The van der Waals surface area contributed by atoms with E-state index in [1.54, 1.807) is 32.2 Å². The van der Waals surface area contributed by atoms with Crippen LogP contribution >= 0.6 is 11.3 Å². The van der Waals surface area contributed by atoms with E-state index in [0.717, 1.165) is 16.7 Å². The number of rotatable bonds is 14. The van der Waals surface area contributed by atoms with Gasteiger partial charge in [0.1, 0.15) is 19.3 Å². The van der Waals surface area contributed by atoms with Gasteiger partial charge in [-0.1, -0.05) is 59.4 Å². The third kappa shape index (κ3) is 7.48. The third-order valence-electron chi connectivity index (χ3n) is 7.62. The van der Waals surface area contributed by atoms with E-state index in [2.05, 4.69) is 6.07 Å². The largest absolute Gasteiger partial charge is 0.493 e. The first-order valence-corrected chi connectivity index (χ1v) is 16.5. The molecule has 4 aromatic rings. The first-order chi connectivity index (χ1) is 23.3. The predicted molar refractivity (Wildman–Crippen MR) is 184 cm³/mol. The Morgan fingerprint density at radius 3 is 2.44 bits per heavy atom. The molecule has 0 unspecified atom stereocenters. The molecule has 1 aliphatic rings. The minimum atomic E-state index is -0.883. The van der Waals surface area contributed by atoms with Crippen LogP contribution in [0.4, 0.5) is 0 Å². The molecule has 252 valence electrons. The fourth-order valence-corrected chi connectivity index (χ4v) is 6.54. The zero-order valence-corrected chi connectivity index (χ0v) is 28.8. The molecule has 48 heavy (non-hydrogen) atoms. The zero-order chi connectivity index (χ0) is 34.2. The van der Waals surface area contributed by atoms with Crippen LogP contribution in [0.15, 0.2) is 81.7 Å². The molecule has 0 radical (unpaired) electrons. The van der Waals surface area contributed by atoms with Gasteiger partial charge in [0.2, 0.25) is 0 Å². The Morgan fingerprint density at radius 2 is 1.71 bits per heavy atom. The summed E-state index contributed by atoms with van der Waals surface area (Å²) in [7, 11) is 3.07. The fourth-order valence-electron chi connectivity index (χ4n) is 5.50. The number of nitrogens with zero attached hydrogens (tertiary/aromatic N) is 2. The predicted octanol–water partition coefficient (Wildman–Crippen LogP) is 5.12. The summed E-state index contributed by atoms with van der Waals surface area (Å²) in [6.07, 6.45) is 1.79. The number of carbonyl (C=O) groups is 1. The van der Waals surface area contributed by atoms with Crippen molar-refractivity contribution in [1.29, 1.82) is 0 Å². The number of esters is 1. The van der Waals surface area contributed by atoms with Crippen molar-refractivity contribution in [3.05, 3.63) is 114 Å². The van der Waals surface area contributed by atoms with Crippen LogP contribution < -0.4 is 33.8 Å². The van der Waals surface area contributed by atoms with E-state index in [4.69, 9.17) is 33.4 Å². The Hall–Kier alpha value is -4.87. The van der Waals surface area contributed by atoms with Crippen molar-refractivity contribution in [1.82, 2.24) is 4.57 Å². The van der Waals surface area contributed by atoms with Crippen LogP contribution in [-0.4, -0.2) is 51.2 Å². The molecule has 0 spiro atoms. The van der Waals surface area contributed by atoms with Crippen LogP contribution in [0.3, 0.4) is 0 Å². The van der Waals surface area contributed by atoms with Crippen molar-refractivity contribution in [2.45, 2.75) is 40.3 Å². The SMILES string of the molecule is CCOc1cc(/C=c2/sc3n(c2=O)[C@H](c2cccc(OC)c2OCC)C(C(=O)OCCOC)=C(C)N=3)ccc1OCc1cccc(C)c1. The van der Waals surface area contributed by atoms with Crippen molar-refractivity contribution in [3.8, 4) is 23.0 Å². The number of allylic oxidation sites excluding steroid dienone is 1. The first kappa shape index (κ1) is 34.5. The second-order valence-electron chi connectivity index (χ2n) is 10.9. The summed E-state index contributed by atoms with van der Waals surface area (Å²) in [4.78, 5) is 33.0. The second kappa shape index (κ2) is 15.8. The highest BCUT2D eigenvalue weighted by Gasteiger charge is 2.36. The molecule has 10 nitrogen and oxygen atoms in total. The summed E-state index contributed by atoms with van der Waals surface area (Å²) in [5, 5.41) is 0. The molecule has 0 N–H and O–H groups in total. The van der Waals surface area contributed by atoms with Gasteiger partial charge in [0.15, 0.2) is 27.8 Å². The molecule has 0 amide bonds. The molecule has 2 heterocycles. The van der Waals surface area contributed by atoms with E-state index in [1.807, 2.05) is 63.2 Å². The summed E-state index contributed by atoms with van der Waals surface area (Å²) in [5.74, 6) is 1.48. The number of hydrogen-bond acceptors (Lipinski definition) is 10. The normalized spacial score (nSPS) is 14.3. The van der Waals surface area contributed by atoms with Crippen molar-refractivity contribution < 1.29 is 33.2 Å². The van der Waals surface area contributed by atoms with Gasteiger partial charge in [-0.15, -0.1) is 0 Å². The van der Waals surface area contributed by atoms with Crippen LogP contribution in [0.5, 0.6) is 23.0 Å². The van der Waals surface area contributed by atoms with Gasteiger partial charge in [0.05, 0.1) is 42.7 Å². The number of methoxy groups -OCH3 is 2. The van der Waals surface area contributed by atoms with Gasteiger partial charge in [-0.2, -0.15) is 0 Å². The molecule has 1 atom stereocenters. The lowest BCUT2D eigenvalue weighted by Gasteiger charge is -2.27. The number of aromatic nitrogens is 1. The topological polar surface area (TPSA) is 107 Å². The highest BCUT2D eigenvalue weighted by atomic mass is 32.1. The number of carbonyl (C=O) groups excluding carboxylic acids is 1. The molecule has 5 rings (SSSR count). The van der Waals surface area contributed by atoms with Crippen LogP contribution in [0, 0.1) is 6.92 Å². The van der Waals surface area contributed by atoms with Crippen LogP contribution in [0.1, 0.15) is 49.1 Å². The molecule has 1 aliphatic heterocycles. The van der Waals surface area contributed by atoms with E-state index in [-0.39, 0.29) is 24.3 Å². The Labute approximate surface area is 283 Å². The molecule has 1 aromatic heterocycles. The van der Waals surface area contributed by atoms with Gasteiger partial charge < -0.3 is 28.4 Å². The summed E-state index contributed by atoms with van der Waals surface area (Å²) >= 11 is 1.23. The first-order valence-electron chi connectivity index (χ1n) is 15.7. The number of fused-ring (bicyclic) bond motifs is 1. The molecular weight excluding hydrogens is 632 g/mol. The molecule has 0 saturated heterocycles. The van der Waals surface area contributed by atoms with E-state index in [9.17, 15) is 9.59 Å². The number of thiazole rings is 1. The van der Waals surface area contributed by atoms with Crippen molar-refractivity contribution in [2.24, 2.45) is 4.99 Å². The standard InChI is InChI=1S/C37H40N2O8S/c1-7-44-30-20-25(15-16-28(30)47-22-26-12-9-11-23(3)19-26)21-31-35(40)39-33(27-13-10-14-29(43-6)34(27)45-8-2)32(24(4)38-37(39)48-31)36(41)46-18-17-42-5/h9-16,19-21,33H,7-8,17-18,22H2,1-6H3/b31-21+/t33-/m1/s1. The van der Waals surface area contributed by atoms with E-state index in [1.165, 1.54) is 23.0 Å². The summed E-state index contributed by atoms with van der Waals surface area (Å²) in [5.41, 5.74) is 3.88. The second-order valence-corrected chi connectivity index (χ2v) is 11.9. The fraction of sp³-hybridized carbons (Fsp3) is 0.324. The average molecular weight is 673 g/mol. The monoisotopic (exact) mass is 672 g/mol. The Bertz CT molecular complexity index is 1990. The van der Waals surface area contributed by atoms with E-state index >= 15 is 0 Å². The Morgan fingerprint density at radius 1 is 0.917 bits per heavy atom. The van der Waals surface area contributed by atoms with E-state index < -0.39 is 12.0 Å².